The average molecular weight is 475 g/mol. The Morgan fingerprint density at radius 1 is 0.667 bits per heavy atom. The van der Waals surface area contributed by atoms with Crippen LogP contribution in [0.15, 0.2) is 56.9 Å². The van der Waals surface area contributed by atoms with Crippen molar-refractivity contribution < 1.29 is 9.47 Å². The first kappa shape index (κ1) is 20.9. The largest absolute Gasteiger partial charge is 0.497 e. The average Bonchev–Trinajstić information content (AvgIpc) is 3.34. The van der Waals surface area contributed by atoms with Crippen molar-refractivity contribution >= 4 is 54.5 Å². The monoisotopic (exact) mass is 474 g/mol. The zero-order valence-electron chi connectivity index (χ0n) is 16.1. The number of ether oxygens (including phenoxy) is 2. The second kappa shape index (κ2) is 9.17. The van der Waals surface area contributed by atoms with Crippen LogP contribution in [0.5, 0.6) is 11.5 Å². The van der Waals surface area contributed by atoms with Crippen LogP contribution in [0, 0.1) is 0 Å². The van der Waals surface area contributed by atoms with Gasteiger partial charge in [-0.25, -0.2) is 9.97 Å². The summed E-state index contributed by atoms with van der Waals surface area (Å²) >= 11 is 2.93. The van der Waals surface area contributed by atoms with Crippen LogP contribution < -0.4 is 20.9 Å². The lowest BCUT2D eigenvalue weighted by Crippen LogP contribution is -1.85. The van der Waals surface area contributed by atoms with Crippen molar-refractivity contribution in [3.63, 3.8) is 0 Å². The molecule has 6 nitrogen and oxygen atoms in total. The van der Waals surface area contributed by atoms with Gasteiger partial charge in [-0.1, -0.05) is 22.7 Å². The molecule has 0 fully saturated rings. The molecule has 0 saturated heterocycles. The van der Waals surface area contributed by atoms with Crippen molar-refractivity contribution in [2.45, 2.75) is 8.42 Å². The minimum Gasteiger partial charge on any atom is -0.497 e. The molecule has 154 valence electrons. The number of benzene rings is 2. The van der Waals surface area contributed by atoms with E-state index in [1.54, 1.807) is 35.8 Å². The van der Waals surface area contributed by atoms with Gasteiger partial charge in [0.25, 0.3) is 0 Å². The Labute approximate surface area is 190 Å². The third-order valence-corrected chi connectivity index (χ3v) is 9.16. The number of hydrogen-bond donors (Lipinski definition) is 2. The summed E-state index contributed by atoms with van der Waals surface area (Å²) in [6.45, 7) is 0. The first-order valence-electron chi connectivity index (χ1n) is 8.73. The molecule has 4 aromatic rings. The Hall–Kier alpha value is -2.40. The topological polar surface area (TPSA) is 96.3 Å². The highest BCUT2D eigenvalue weighted by Crippen LogP contribution is 2.50. The number of methoxy groups -OCH3 is 2. The van der Waals surface area contributed by atoms with Gasteiger partial charge in [-0.2, -0.15) is 0 Å². The Balaban J connectivity index is 1.58. The van der Waals surface area contributed by atoms with Crippen LogP contribution in [-0.4, -0.2) is 24.2 Å². The summed E-state index contributed by atoms with van der Waals surface area (Å²) in [6.07, 6.45) is 0. The second-order valence-electron chi connectivity index (χ2n) is 6.00. The van der Waals surface area contributed by atoms with Crippen molar-refractivity contribution in [1.29, 1.82) is 0 Å². The summed E-state index contributed by atoms with van der Waals surface area (Å²) in [6, 6.07) is 15.6. The number of rotatable bonds is 7. The van der Waals surface area contributed by atoms with Crippen molar-refractivity contribution in [2.75, 3.05) is 25.7 Å². The van der Waals surface area contributed by atoms with E-state index >= 15 is 0 Å². The summed E-state index contributed by atoms with van der Waals surface area (Å²) in [4.78, 5) is 9.05. The molecular formula is C20H18N4O2S4. The fraction of sp³-hybridized carbons (Fsp3) is 0.100. The summed E-state index contributed by atoms with van der Waals surface area (Å²) in [5, 5.41) is 1.06. The van der Waals surface area contributed by atoms with E-state index in [0.717, 1.165) is 42.4 Å². The molecule has 0 saturated carbocycles. The van der Waals surface area contributed by atoms with Gasteiger partial charge in [0.1, 0.15) is 19.9 Å². The Bertz CT molecular complexity index is 1050. The lowest BCUT2D eigenvalue weighted by atomic mass is 10.2. The molecule has 4 rings (SSSR count). The standard InChI is InChI=1S/C20H18N4O2S4/c1-25-13-7-3-11(4-8-13)15-17(27-19(21)23-15)29-30-18-16(24-20(22)28-18)12-5-9-14(26-2)10-6-12/h3-10H,1-2H3,(H2,21,23)(H2,22,24). The molecule has 0 spiro atoms. The van der Waals surface area contributed by atoms with E-state index in [9.17, 15) is 0 Å². The van der Waals surface area contributed by atoms with Crippen molar-refractivity contribution in [3.8, 4) is 34.0 Å². The molecule has 4 N–H and O–H groups in total. The third kappa shape index (κ3) is 4.51. The second-order valence-corrected chi connectivity index (χ2v) is 10.7. The van der Waals surface area contributed by atoms with E-state index < -0.39 is 0 Å². The van der Waals surface area contributed by atoms with E-state index in [1.165, 1.54) is 22.7 Å². The molecule has 10 heteroatoms. The Morgan fingerprint density at radius 2 is 1.03 bits per heavy atom. The van der Waals surface area contributed by atoms with Crippen LogP contribution in [0.2, 0.25) is 0 Å². The van der Waals surface area contributed by atoms with Crippen LogP contribution in [0.4, 0.5) is 10.3 Å². The molecule has 0 amide bonds. The molecule has 0 atom stereocenters. The maximum atomic E-state index is 6.01. The third-order valence-electron chi connectivity index (χ3n) is 4.15. The van der Waals surface area contributed by atoms with Crippen molar-refractivity contribution in [3.05, 3.63) is 48.5 Å². The highest BCUT2D eigenvalue weighted by Gasteiger charge is 2.17. The molecule has 0 bridgehead atoms. The summed E-state index contributed by atoms with van der Waals surface area (Å²) in [5.74, 6) is 1.60. The highest BCUT2D eigenvalue weighted by molar-refractivity contribution is 8.77. The molecule has 2 aromatic heterocycles. The maximum absolute atomic E-state index is 6.01. The lowest BCUT2D eigenvalue weighted by molar-refractivity contribution is 0.415. The SMILES string of the molecule is COc1ccc(-c2nc(N)sc2SSc2sc(N)nc2-c2ccc(OC)cc2)cc1. The summed E-state index contributed by atoms with van der Waals surface area (Å²) in [7, 11) is 6.51. The maximum Gasteiger partial charge on any atom is 0.181 e. The fourth-order valence-electron chi connectivity index (χ4n) is 2.70. The number of nitrogen functional groups attached to an aromatic ring is 2. The number of hydrogen-bond acceptors (Lipinski definition) is 10. The van der Waals surface area contributed by atoms with E-state index in [2.05, 4.69) is 9.97 Å². The normalized spacial score (nSPS) is 10.9. The zero-order valence-corrected chi connectivity index (χ0v) is 19.4. The number of nitrogens with zero attached hydrogens (tertiary/aromatic N) is 2. The Morgan fingerprint density at radius 3 is 1.37 bits per heavy atom. The van der Waals surface area contributed by atoms with Crippen molar-refractivity contribution in [1.82, 2.24) is 9.97 Å². The predicted octanol–water partition coefficient (Wildman–Crippen LogP) is 5.91. The first-order valence-corrected chi connectivity index (χ1v) is 12.5. The molecule has 0 radical (unpaired) electrons. The number of nitrogens with two attached hydrogens (primary N) is 2. The molecule has 0 aliphatic heterocycles. The summed E-state index contributed by atoms with van der Waals surface area (Å²) in [5.41, 5.74) is 15.7. The minimum atomic E-state index is 0.531. The molecule has 2 aromatic carbocycles. The van der Waals surface area contributed by atoms with E-state index in [0.29, 0.717) is 10.3 Å². The molecule has 30 heavy (non-hydrogen) atoms. The molecule has 0 aliphatic carbocycles. The van der Waals surface area contributed by atoms with Gasteiger partial charge in [-0.15, -0.1) is 0 Å². The van der Waals surface area contributed by atoms with Crippen LogP contribution >= 0.6 is 44.3 Å². The zero-order chi connectivity index (χ0) is 21.1. The van der Waals surface area contributed by atoms with Gasteiger partial charge in [-0.05, 0) is 70.1 Å². The van der Waals surface area contributed by atoms with Crippen LogP contribution in [-0.2, 0) is 0 Å². The quantitative estimate of drug-likeness (QED) is 0.319. The number of aromatic nitrogens is 2. The van der Waals surface area contributed by atoms with Gasteiger partial charge in [0.2, 0.25) is 0 Å². The van der Waals surface area contributed by atoms with Crippen LogP contribution in [0.3, 0.4) is 0 Å². The van der Waals surface area contributed by atoms with E-state index in [1.807, 2.05) is 48.5 Å². The number of anilines is 2. The van der Waals surface area contributed by atoms with Crippen molar-refractivity contribution in [2.24, 2.45) is 0 Å². The molecular weight excluding hydrogens is 457 g/mol. The van der Waals surface area contributed by atoms with E-state index in [4.69, 9.17) is 20.9 Å². The predicted molar refractivity (Wildman–Crippen MR) is 129 cm³/mol. The van der Waals surface area contributed by atoms with Crippen LogP contribution in [0.25, 0.3) is 22.5 Å². The van der Waals surface area contributed by atoms with Gasteiger partial charge in [0.15, 0.2) is 10.3 Å². The first-order chi connectivity index (χ1) is 14.6. The summed E-state index contributed by atoms with van der Waals surface area (Å²) < 4.78 is 12.5. The fourth-order valence-corrected chi connectivity index (χ4v) is 7.44. The van der Waals surface area contributed by atoms with Gasteiger partial charge >= 0.3 is 0 Å². The smallest absolute Gasteiger partial charge is 0.181 e. The van der Waals surface area contributed by atoms with Gasteiger partial charge in [0.05, 0.1) is 25.6 Å². The van der Waals surface area contributed by atoms with Gasteiger partial charge in [0, 0.05) is 11.1 Å². The highest BCUT2D eigenvalue weighted by atomic mass is 33.1. The molecule has 0 unspecified atom stereocenters. The molecule has 2 heterocycles. The van der Waals surface area contributed by atoms with E-state index in [-0.39, 0.29) is 0 Å². The lowest BCUT2D eigenvalue weighted by Gasteiger charge is -2.05. The Kier molecular flexibility index (Phi) is 6.38. The van der Waals surface area contributed by atoms with Gasteiger partial charge < -0.3 is 20.9 Å². The van der Waals surface area contributed by atoms with Crippen LogP contribution in [0.1, 0.15) is 0 Å². The number of thiazole rings is 2. The minimum absolute atomic E-state index is 0.531. The molecule has 0 aliphatic rings. The van der Waals surface area contributed by atoms with Gasteiger partial charge in [-0.3, -0.25) is 0 Å².